The first-order valence-electron chi connectivity index (χ1n) is 7.52. The summed E-state index contributed by atoms with van der Waals surface area (Å²) in [4.78, 5) is 0. The number of benzene rings is 2. The molecule has 0 unspecified atom stereocenters. The van der Waals surface area contributed by atoms with Crippen molar-refractivity contribution in [3.8, 4) is 0 Å². The van der Waals surface area contributed by atoms with E-state index < -0.39 is 8.32 Å². The Morgan fingerprint density at radius 1 is 0.909 bits per heavy atom. The van der Waals surface area contributed by atoms with E-state index in [0.29, 0.717) is 6.61 Å². The van der Waals surface area contributed by atoms with E-state index in [2.05, 4.69) is 81.4 Å². The zero-order valence-electron chi connectivity index (χ0n) is 13.4. The lowest BCUT2D eigenvalue weighted by atomic mass is 10.2. The molecule has 1 nitrogen and oxygen atoms in total. The van der Waals surface area contributed by atoms with Crippen molar-refractivity contribution in [2.24, 2.45) is 0 Å². The highest BCUT2D eigenvalue weighted by Gasteiger charge is 2.49. The van der Waals surface area contributed by atoms with Crippen LogP contribution in [0.1, 0.15) is 20.8 Å². The molecule has 0 N–H and O–H groups in total. The highest BCUT2D eigenvalue weighted by Crippen LogP contribution is 2.36. The van der Waals surface area contributed by atoms with Crippen molar-refractivity contribution >= 4 is 30.3 Å². The Kier molecular flexibility index (Phi) is 5.62. The maximum atomic E-state index is 6.57. The Balaban J connectivity index is 2.64. The van der Waals surface area contributed by atoms with Crippen molar-refractivity contribution in [2.75, 3.05) is 6.61 Å². The summed E-state index contributed by atoms with van der Waals surface area (Å²) in [5.41, 5.74) is 1.53. The predicted octanol–water partition coefficient (Wildman–Crippen LogP) is 4.32. The molecule has 0 aliphatic rings. The summed E-state index contributed by atoms with van der Waals surface area (Å²) in [5.74, 6) is 0. The van der Waals surface area contributed by atoms with Gasteiger partial charge in [-0.1, -0.05) is 93.0 Å². The Hall–Kier alpha value is -1.35. The van der Waals surface area contributed by atoms with Crippen LogP contribution in [0, 0.1) is 0 Å². The van der Waals surface area contributed by atoms with Crippen LogP contribution in [-0.4, -0.2) is 14.9 Å². The Morgan fingerprint density at radius 3 is 1.73 bits per heavy atom. The van der Waals surface area contributed by atoms with Gasteiger partial charge in [-0.15, -0.1) is 0 Å². The third-order valence-electron chi connectivity index (χ3n) is 3.90. The summed E-state index contributed by atoms with van der Waals surface area (Å²) in [6.07, 6.45) is 1.86. The summed E-state index contributed by atoms with van der Waals surface area (Å²) >= 11 is 5.69. The van der Waals surface area contributed by atoms with Crippen LogP contribution in [0.25, 0.3) is 0 Å². The van der Waals surface area contributed by atoms with Crippen molar-refractivity contribution in [1.29, 1.82) is 0 Å². The van der Waals surface area contributed by atoms with Crippen LogP contribution in [-0.2, 0) is 4.43 Å². The van der Waals surface area contributed by atoms with Gasteiger partial charge in [-0.25, -0.2) is 0 Å². The molecule has 0 aromatic heterocycles. The van der Waals surface area contributed by atoms with E-state index >= 15 is 0 Å². The van der Waals surface area contributed by atoms with Crippen molar-refractivity contribution in [3.05, 3.63) is 72.3 Å². The standard InChI is InChI=1S/C19H23ClOSi/c1-19(2,3)22(21-16-10-15-20,17-11-6-4-7-12-17)18-13-8-5-9-14-18/h4-15H,16H2,1-3H3/b15-10+. The average molecular weight is 331 g/mol. The van der Waals surface area contributed by atoms with Crippen LogP contribution in [0.4, 0.5) is 0 Å². The zero-order chi connectivity index (χ0) is 16.1. The first-order chi connectivity index (χ1) is 10.5. The number of halogens is 1. The van der Waals surface area contributed by atoms with Gasteiger partial charge >= 0.3 is 0 Å². The van der Waals surface area contributed by atoms with Gasteiger partial charge in [-0.2, -0.15) is 0 Å². The minimum atomic E-state index is -2.40. The third-order valence-corrected chi connectivity index (χ3v) is 9.08. The molecular weight excluding hydrogens is 308 g/mol. The lowest BCUT2D eigenvalue weighted by Crippen LogP contribution is -2.66. The summed E-state index contributed by atoms with van der Waals surface area (Å²) in [7, 11) is -2.40. The summed E-state index contributed by atoms with van der Waals surface area (Å²) in [6, 6.07) is 21.2. The third kappa shape index (κ3) is 3.35. The van der Waals surface area contributed by atoms with Crippen molar-refractivity contribution < 1.29 is 4.43 Å². The lowest BCUT2D eigenvalue weighted by Gasteiger charge is -2.42. The maximum absolute atomic E-state index is 6.57. The lowest BCUT2D eigenvalue weighted by molar-refractivity contribution is 0.339. The van der Waals surface area contributed by atoms with Crippen LogP contribution in [0.2, 0.25) is 5.04 Å². The van der Waals surface area contributed by atoms with Gasteiger partial charge < -0.3 is 4.43 Å². The van der Waals surface area contributed by atoms with Gasteiger partial charge in [-0.3, -0.25) is 0 Å². The van der Waals surface area contributed by atoms with Gasteiger partial charge in [0.1, 0.15) is 0 Å². The Labute approximate surface area is 139 Å². The number of hydrogen-bond acceptors (Lipinski definition) is 1. The molecule has 0 bridgehead atoms. The van der Waals surface area contributed by atoms with Gasteiger partial charge in [0.05, 0.1) is 6.61 Å². The van der Waals surface area contributed by atoms with Crippen LogP contribution < -0.4 is 10.4 Å². The SMILES string of the molecule is CC(C)(C)[Si](OC/C=C/Cl)(c1ccccc1)c1ccccc1. The highest BCUT2D eigenvalue weighted by molar-refractivity contribution is 6.99. The topological polar surface area (TPSA) is 9.23 Å². The second-order valence-electron chi connectivity index (χ2n) is 6.34. The van der Waals surface area contributed by atoms with E-state index in [0.717, 1.165) is 0 Å². The van der Waals surface area contributed by atoms with E-state index in [1.807, 2.05) is 6.08 Å². The minimum Gasteiger partial charge on any atom is -0.404 e. The molecule has 2 aromatic rings. The molecule has 0 atom stereocenters. The molecule has 2 aromatic carbocycles. The first-order valence-corrected chi connectivity index (χ1v) is 9.87. The molecule has 0 heterocycles. The fraction of sp³-hybridized carbons (Fsp3) is 0.263. The molecule has 0 aliphatic heterocycles. The molecule has 2 rings (SSSR count). The van der Waals surface area contributed by atoms with Crippen LogP contribution in [0.5, 0.6) is 0 Å². The second kappa shape index (κ2) is 7.27. The van der Waals surface area contributed by atoms with Crippen molar-refractivity contribution in [3.63, 3.8) is 0 Å². The van der Waals surface area contributed by atoms with E-state index in [9.17, 15) is 0 Å². The molecule has 0 aliphatic carbocycles. The quantitative estimate of drug-likeness (QED) is 0.742. The Bertz CT molecular complexity index is 563. The Morgan fingerprint density at radius 2 is 1.36 bits per heavy atom. The summed E-state index contributed by atoms with van der Waals surface area (Å²) in [5, 5.41) is 2.59. The zero-order valence-corrected chi connectivity index (χ0v) is 15.2. The second-order valence-corrected chi connectivity index (χ2v) is 10.9. The van der Waals surface area contributed by atoms with Gasteiger partial charge in [-0.05, 0) is 21.5 Å². The van der Waals surface area contributed by atoms with E-state index in [1.165, 1.54) is 15.9 Å². The fourth-order valence-corrected chi connectivity index (χ4v) is 7.55. The van der Waals surface area contributed by atoms with Crippen LogP contribution >= 0.6 is 11.6 Å². The van der Waals surface area contributed by atoms with Crippen molar-refractivity contribution in [1.82, 2.24) is 0 Å². The van der Waals surface area contributed by atoms with Crippen molar-refractivity contribution in [2.45, 2.75) is 25.8 Å². The van der Waals surface area contributed by atoms with Gasteiger partial charge in [0.25, 0.3) is 8.32 Å². The molecule has 116 valence electrons. The van der Waals surface area contributed by atoms with Crippen LogP contribution in [0.15, 0.2) is 72.3 Å². The smallest absolute Gasteiger partial charge is 0.261 e. The monoisotopic (exact) mass is 330 g/mol. The largest absolute Gasteiger partial charge is 0.404 e. The van der Waals surface area contributed by atoms with E-state index in [-0.39, 0.29) is 5.04 Å². The summed E-state index contributed by atoms with van der Waals surface area (Å²) < 4.78 is 6.57. The molecule has 0 fully saturated rings. The first kappa shape index (κ1) is 17.0. The predicted molar refractivity (Wildman–Crippen MR) is 98.6 cm³/mol. The molecule has 0 saturated carbocycles. The van der Waals surface area contributed by atoms with E-state index in [1.54, 1.807) is 0 Å². The summed E-state index contributed by atoms with van der Waals surface area (Å²) in [6.45, 7) is 7.33. The van der Waals surface area contributed by atoms with E-state index in [4.69, 9.17) is 16.0 Å². The molecule has 3 heteroatoms. The molecule has 0 amide bonds. The number of rotatable bonds is 5. The van der Waals surface area contributed by atoms with Gasteiger partial charge in [0.15, 0.2) is 0 Å². The maximum Gasteiger partial charge on any atom is 0.261 e. The number of hydrogen-bond donors (Lipinski definition) is 0. The molecule has 0 spiro atoms. The minimum absolute atomic E-state index is 0.00978. The molecular formula is C19H23ClOSi. The fourth-order valence-electron chi connectivity index (χ4n) is 2.97. The molecule has 0 radical (unpaired) electrons. The normalized spacial score (nSPS) is 12.7. The average Bonchev–Trinajstić information content (AvgIpc) is 2.52. The van der Waals surface area contributed by atoms with Gasteiger partial charge in [0, 0.05) is 5.54 Å². The van der Waals surface area contributed by atoms with Gasteiger partial charge in [0.2, 0.25) is 0 Å². The molecule has 22 heavy (non-hydrogen) atoms. The van der Waals surface area contributed by atoms with Crippen LogP contribution in [0.3, 0.4) is 0 Å². The molecule has 0 saturated heterocycles. The highest BCUT2D eigenvalue weighted by atomic mass is 35.5.